The topological polar surface area (TPSA) is 42.3 Å². The predicted molar refractivity (Wildman–Crippen MR) is 75.1 cm³/mol. The lowest BCUT2D eigenvalue weighted by Gasteiger charge is -2.20. The Hall–Kier alpha value is -1.07. The average molecular weight is 254 g/mol. The lowest BCUT2D eigenvalue weighted by molar-refractivity contribution is 0.147. The molecule has 104 valence electrons. The minimum Gasteiger partial charge on any atom is -0.382 e. The molecule has 0 radical (unpaired) electrons. The molecule has 1 aromatic heterocycles. The summed E-state index contributed by atoms with van der Waals surface area (Å²) in [5.74, 6) is 0.945. The van der Waals surface area contributed by atoms with Crippen LogP contribution in [0.1, 0.15) is 26.3 Å². The van der Waals surface area contributed by atoms with Gasteiger partial charge in [0.15, 0.2) is 0 Å². The molecule has 1 N–H and O–H groups in total. The van der Waals surface area contributed by atoms with Crippen LogP contribution in [0.5, 0.6) is 0 Å². The zero-order valence-corrected chi connectivity index (χ0v) is 12.0. The molecule has 18 heavy (non-hydrogen) atoms. The van der Waals surface area contributed by atoms with E-state index >= 15 is 0 Å². The first-order valence-electron chi connectivity index (χ1n) is 6.64. The van der Waals surface area contributed by atoms with E-state index in [0.717, 1.165) is 38.7 Å². The Bertz CT molecular complexity index is 325. The van der Waals surface area contributed by atoms with E-state index < -0.39 is 0 Å². The minimum absolute atomic E-state index is 0.414. The maximum absolute atomic E-state index is 5.31. The zero-order chi connectivity index (χ0) is 13.4. The highest BCUT2D eigenvalue weighted by Crippen LogP contribution is 2.13. The number of nitrogens with zero attached hydrogens (tertiary/aromatic N) is 3. The van der Waals surface area contributed by atoms with E-state index in [-0.39, 0.29) is 0 Å². The molecule has 1 aromatic rings. The largest absolute Gasteiger partial charge is 0.382 e. The maximum Gasteiger partial charge on any atom is 0.203 e. The molecule has 0 aliphatic carbocycles. The van der Waals surface area contributed by atoms with Gasteiger partial charge in [-0.25, -0.2) is 4.98 Å². The van der Waals surface area contributed by atoms with Gasteiger partial charge in [-0.3, -0.25) is 0 Å². The summed E-state index contributed by atoms with van der Waals surface area (Å²) >= 11 is 0. The third-order valence-corrected chi connectivity index (χ3v) is 2.73. The van der Waals surface area contributed by atoms with Crippen molar-refractivity contribution in [3.05, 3.63) is 12.4 Å². The molecule has 0 fully saturated rings. The van der Waals surface area contributed by atoms with Crippen LogP contribution >= 0.6 is 0 Å². The standard InChI is InChI=1S/C13H26N4O/c1-5-18-10-6-7-14-13-15-8-9-17(13)12(2)11-16(3)4/h8-9,12H,5-7,10-11H2,1-4H3,(H,14,15). The molecule has 0 amide bonds. The molecular weight excluding hydrogens is 228 g/mol. The highest BCUT2D eigenvalue weighted by molar-refractivity contribution is 5.26. The van der Waals surface area contributed by atoms with E-state index in [1.807, 2.05) is 19.3 Å². The maximum atomic E-state index is 5.31. The second-order valence-corrected chi connectivity index (χ2v) is 4.75. The fraction of sp³-hybridized carbons (Fsp3) is 0.769. The van der Waals surface area contributed by atoms with Gasteiger partial charge in [-0.05, 0) is 34.4 Å². The molecule has 0 bridgehead atoms. The van der Waals surface area contributed by atoms with E-state index in [9.17, 15) is 0 Å². The molecule has 0 saturated carbocycles. The fourth-order valence-corrected chi connectivity index (χ4v) is 1.94. The van der Waals surface area contributed by atoms with Gasteiger partial charge in [0.2, 0.25) is 5.95 Å². The Kier molecular flexibility index (Phi) is 6.75. The predicted octanol–water partition coefficient (Wildman–Crippen LogP) is 1.84. The van der Waals surface area contributed by atoms with Crippen LogP contribution in [0, 0.1) is 0 Å². The fourth-order valence-electron chi connectivity index (χ4n) is 1.94. The van der Waals surface area contributed by atoms with E-state index in [0.29, 0.717) is 6.04 Å². The summed E-state index contributed by atoms with van der Waals surface area (Å²) in [5.41, 5.74) is 0. The Morgan fingerprint density at radius 1 is 1.50 bits per heavy atom. The second-order valence-electron chi connectivity index (χ2n) is 4.75. The van der Waals surface area contributed by atoms with Gasteiger partial charge in [0, 0.05) is 44.7 Å². The monoisotopic (exact) mass is 254 g/mol. The Morgan fingerprint density at radius 3 is 2.94 bits per heavy atom. The number of imidazole rings is 1. The summed E-state index contributed by atoms with van der Waals surface area (Å²) in [7, 11) is 4.17. The Labute approximate surface area is 110 Å². The van der Waals surface area contributed by atoms with Gasteiger partial charge >= 0.3 is 0 Å². The minimum atomic E-state index is 0.414. The third-order valence-electron chi connectivity index (χ3n) is 2.73. The van der Waals surface area contributed by atoms with Gasteiger partial charge in [0.1, 0.15) is 0 Å². The van der Waals surface area contributed by atoms with Gasteiger partial charge in [-0.15, -0.1) is 0 Å². The first-order valence-corrected chi connectivity index (χ1v) is 6.64. The Morgan fingerprint density at radius 2 is 2.28 bits per heavy atom. The smallest absolute Gasteiger partial charge is 0.203 e. The molecule has 0 aromatic carbocycles. The summed E-state index contributed by atoms with van der Waals surface area (Å²) in [4.78, 5) is 6.54. The van der Waals surface area contributed by atoms with E-state index in [2.05, 4.69) is 40.8 Å². The van der Waals surface area contributed by atoms with Crippen LogP contribution in [-0.2, 0) is 4.74 Å². The Balaban J connectivity index is 2.39. The van der Waals surface area contributed by atoms with Crippen molar-refractivity contribution in [2.75, 3.05) is 45.7 Å². The molecule has 1 atom stereocenters. The molecule has 5 heteroatoms. The van der Waals surface area contributed by atoms with Gasteiger partial charge in [-0.2, -0.15) is 0 Å². The molecule has 0 spiro atoms. The number of hydrogen-bond acceptors (Lipinski definition) is 4. The van der Waals surface area contributed by atoms with Gasteiger partial charge in [0.25, 0.3) is 0 Å². The van der Waals surface area contributed by atoms with Gasteiger partial charge < -0.3 is 19.5 Å². The lowest BCUT2D eigenvalue weighted by Crippen LogP contribution is -2.23. The lowest BCUT2D eigenvalue weighted by atomic mass is 10.3. The highest BCUT2D eigenvalue weighted by atomic mass is 16.5. The second kappa shape index (κ2) is 8.11. The molecule has 0 saturated heterocycles. The van der Waals surface area contributed by atoms with Crippen LogP contribution < -0.4 is 5.32 Å². The van der Waals surface area contributed by atoms with Crippen molar-refractivity contribution < 1.29 is 4.74 Å². The average Bonchev–Trinajstić information content (AvgIpc) is 2.76. The molecule has 0 aliphatic heterocycles. The van der Waals surface area contributed by atoms with Crippen molar-refractivity contribution in [3.8, 4) is 0 Å². The summed E-state index contributed by atoms with van der Waals surface area (Å²) in [5, 5.41) is 3.36. The first-order chi connectivity index (χ1) is 8.65. The highest BCUT2D eigenvalue weighted by Gasteiger charge is 2.10. The number of rotatable bonds is 9. The summed E-state index contributed by atoms with van der Waals surface area (Å²) in [6.45, 7) is 7.71. The van der Waals surface area contributed by atoms with Crippen molar-refractivity contribution in [2.45, 2.75) is 26.3 Å². The van der Waals surface area contributed by atoms with Crippen LogP contribution in [-0.4, -0.2) is 54.8 Å². The molecule has 1 rings (SSSR count). The SMILES string of the molecule is CCOCCCNc1nccn1C(C)CN(C)C. The normalized spacial score (nSPS) is 12.9. The quantitative estimate of drug-likeness (QED) is 0.683. The number of hydrogen-bond donors (Lipinski definition) is 1. The van der Waals surface area contributed by atoms with Gasteiger partial charge in [0.05, 0.1) is 0 Å². The third kappa shape index (κ3) is 5.06. The zero-order valence-electron chi connectivity index (χ0n) is 12.0. The number of aromatic nitrogens is 2. The van der Waals surface area contributed by atoms with Crippen LogP contribution in [0.15, 0.2) is 12.4 Å². The first kappa shape index (κ1) is 15.0. The molecular formula is C13H26N4O. The number of anilines is 1. The number of ether oxygens (including phenoxy) is 1. The molecule has 0 aliphatic rings. The molecule has 1 unspecified atom stereocenters. The van der Waals surface area contributed by atoms with E-state index in [1.165, 1.54) is 0 Å². The van der Waals surface area contributed by atoms with E-state index in [4.69, 9.17) is 4.74 Å². The van der Waals surface area contributed by atoms with Crippen molar-refractivity contribution in [1.29, 1.82) is 0 Å². The molecule has 5 nitrogen and oxygen atoms in total. The van der Waals surface area contributed by atoms with Crippen LogP contribution in [0.3, 0.4) is 0 Å². The van der Waals surface area contributed by atoms with Gasteiger partial charge in [-0.1, -0.05) is 0 Å². The summed E-state index contributed by atoms with van der Waals surface area (Å²) in [6.07, 6.45) is 4.87. The summed E-state index contributed by atoms with van der Waals surface area (Å²) < 4.78 is 7.49. The van der Waals surface area contributed by atoms with Crippen LogP contribution in [0.4, 0.5) is 5.95 Å². The molecule has 1 heterocycles. The number of likely N-dealkylation sites (N-methyl/N-ethyl adjacent to an activating group) is 1. The van der Waals surface area contributed by atoms with Crippen molar-refractivity contribution >= 4 is 5.95 Å². The van der Waals surface area contributed by atoms with Crippen molar-refractivity contribution in [2.24, 2.45) is 0 Å². The number of nitrogens with one attached hydrogen (secondary N) is 1. The van der Waals surface area contributed by atoms with Crippen molar-refractivity contribution in [1.82, 2.24) is 14.5 Å². The van der Waals surface area contributed by atoms with Crippen molar-refractivity contribution in [3.63, 3.8) is 0 Å². The van der Waals surface area contributed by atoms with E-state index in [1.54, 1.807) is 0 Å². The summed E-state index contributed by atoms with van der Waals surface area (Å²) in [6, 6.07) is 0.414. The van der Waals surface area contributed by atoms with Crippen LogP contribution in [0.2, 0.25) is 0 Å². The van der Waals surface area contributed by atoms with Crippen LogP contribution in [0.25, 0.3) is 0 Å².